The molecular weight excluding hydrogens is 379 g/mol. The van der Waals surface area contributed by atoms with Gasteiger partial charge in [-0.05, 0) is 29.8 Å². The van der Waals surface area contributed by atoms with E-state index in [2.05, 4.69) is 10.3 Å². The Morgan fingerprint density at radius 2 is 2.08 bits per heavy atom. The molecule has 3 N–H and O–H groups in total. The molecular formula is C17H14ClFN4O2S. The van der Waals surface area contributed by atoms with E-state index in [0.717, 1.165) is 16.4 Å². The van der Waals surface area contributed by atoms with E-state index in [1.54, 1.807) is 24.3 Å². The average molecular weight is 393 g/mol. The van der Waals surface area contributed by atoms with Crippen molar-refractivity contribution in [2.24, 2.45) is 0 Å². The van der Waals surface area contributed by atoms with Crippen LogP contribution in [0.3, 0.4) is 0 Å². The van der Waals surface area contributed by atoms with Crippen LogP contribution in [-0.2, 0) is 11.3 Å². The molecule has 0 saturated heterocycles. The minimum absolute atomic E-state index is 0.0147. The van der Waals surface area contributed by atoms with Gasteiger partial charge in [-0.25, -0.2) is 14.1 Å². The summed E-state index contributed by atoms with van der Waals surface area (Å²) in [7, 11) is 0. The summed E-state index contributed by atoms with van der Waals surface area (Å²) in [6.45, 7) is 0.166. The number of para-hydroxylation sites is 1. The number of nitrogens with two attached hydrogens (primary N) is 1. The van der Waals surface area contributed by atoms with Crippen molar-refractivity contribution in [1.29, 1.82) is 0 Å². The summed E-state index contributed by atoms with van der Waals surface area (Å²) >= 11 is 6.97. The lowest BCUT2D eigenvalue weighted by molar-refractivity contribution is -0.118. The number of carbonyl (C=O) groups is 1. The summed E-state index contributed by atoms with van der Waals surface area (Å²) in [5, 5.41) is 3.57. The molecule has 1 amide bonds. The molecule has 0 unspecified atom stereocenters. The van der Waals surface area contributed by atoms with E-state index in [1.165, 1.54) is 18.2 Å². The molecule has 0 spiro atoms. The fourth-order valence-corrected chi connectivity index (χ4v) is 3.25. The van der Waals surface area contributed by atoms with Gasteiger partial charge in [0.15, 0.2) is 5.16 Å². The predicted molar refractivity (Wildman–Crippen MR) is 100 cm³/mol. The lowest BCUT2D eigenvalue weighted by Crippen LogP contribution is -2.31. The maximum Gasteiger partial charge on any atom is 0.280 e. The molecule has 3 rings (SSSR count). The third kappa shape index (κ3) is 3.97. The third-order valence-corrected chi connectivity index (χ3v) is 4.90. The Hall–Kier alpha value is -2.58. The molecule has 134 valence electrons. The van der Waals surface area contributed by atoms with Crippen molar-refractivity contribution in [2.75, 3.05) is 11.6 Å². The zero-order chi connectivity index (χ0) is 18.7. The van der Waals surface area contributed by atoms with E-state index in [0.29, 0.717) is 16.5 Å². The number of nitrogens with zero attached hydrogens (tertiary/aromatic N) is 2. The number of thioether (sulfide) groups is 1. The van der Waals surface area contributed by atoms with Gasteiger partial charge in [0.2, 0.25) is 5.91 Å². The Balaban J connectivity index is 1.65. The van der Waals surface area contributed by atoms with Crippen LogP contribution in [0.5, 0.6) is 0 Å². The first-order valence-electron chi connectivity index (χ1n) is 7.56. The van der Waals surface area contributed by atoms with Crippen LogP contribution in [0.1, 0.15) is 5.56 Å². The second kappa shape index (κ2) is 7.76. The zero-order valence-electron chi connectivity index (χ0n) is 13.4. The maximum absolute atomic E-state index is 13.0. The Morgan fingerprint density at radius 1 is 1.31 bits per heavy atom. The first-order valence-corrected chi connectivity index (χ1v) is 8.92. The van der Waals surface area contributed by atoms with E-state index in [-0.39, 0.29) is 33.9 Å². The summed E-state index contributed by atoms with van der Waals surface area (Å²) in [4.78, 5) is 28.5. The van der Waals surface area contributed by atoms with Crippen molar-refractivity contribution >= 4 is 40.2 Å². The Morgan fingerprint density at radius 3 is 2.85 bits per heavy atom. The fraction of sp³-hybridized carbons (Fsp3) is 0.118. The minimum Gasteiger partial charge on any atom is -0.351 e. The third-order valence-electron chi connectivity index (χ3n) is 3.60. The van der Waals surface area contributed by atoms with Crippen molar-refractivity contribution in [3.05, 3.63) is 69.2 Å². The van der Waals surface area contributed by atoms with Gasteiger partial charge in [-0.3, -0.25) is 9.59 Å². The standard InChI is InChI=1S/C17H14ClFN4O2S/c18-13-7-11(19)6-5-10(13)8-21-15(24)9-26-17-22-14-4-2-1-3-12(14)16(25)23(17)20/h1-7H,8-9,20H2,(H,21,24). The van der Waals surface area contributed by atoms with Crippen molar-refractivity contribution in [2.45, 2.75) is 11.7 Å². The van der Waals surface area contributed by atoms with Crippen LogP contribution < -0.4 is 16.7 Å². The van der Waals surface area contributed by atoms with Gasteiger partial charge < -0.3 is 11.2 Å². The number of amides is 1. The van der Waals surface area contributed by atoms with Crippen LogP contribution in [0, 0.1) is 5.82 Å². The van der Waals surface area contributed by atoms with E-state index in [9.17, 15) is 14.0 Å². The SMILES string of the molecule is Nn1c(SCC(=O)NCc2ccc(F)cc2Cl)nc2ccccc2c1=O. The maximum atomic E-state index is 13.0. The number of nitrogen functional groups attached to an aromatic ring is 1. The lowest BCUT2D eigenvalue weighted by Gasteiger charge is -2.09. The molecule has 1 aromatic heterocycles. The quantitative estimate of drug-likeness (QED) is 0.395. The molecule has 0 atom stereocenters. The second-order valence-electron chi connectivity index (χ2n) is 5.39. The first-order chi connectivity index (χ1) is 12.5. The van der Waals surface area contributed by atoms with Crippen LogP contribution in [0.2, 0.25) is 5.02 Å². The van der Waals surface area contributed by atoms with Crippen molar-refractivity contribution in [1.82, 2.24) is 15.0 Å². The number of carbonyl (C=O) groups excluding carboxylic acids is 1. The Kier molecular flexibility index (Phi) is 5.43. The molecule has 0 saturated carbocycles. The molecule has 6 nitrogen and oxygen atoms in total. The normalized spacial score (nSPS) is 10.8. The Bertz CT molecular complexity index is 1040. The van der Waals surface area contributed by atoms with Crippen LogP contribution >= 0.6 is 23.4 Å². The van der Waals surface area contributed by atoms with Gasteiger partial charge >= 0.3 is 0 Å². The molecule has 2 aromatic carbocycles. The highest BCUT2D eigenvalue weighted by molar-refractivity contribution is 7.99. The van der Waals surface area contributed by atoms with Crippen LogP contribution in [0.25, 0.3) is 10.9 Å². The topological polar surface area (TPSA) is 90.0 Å². The molecule has 3 aromatic rings. The van der Waals surface area contributed by atoms with Crippen LogP contribution in [0.15, 0.2) is 52.4 Å². The number of benzene rings is 2. The van der Waals surface area contributed by atoms with Gasteiger partial charge in [-0.1, -0.05) is 41.6 Å². The summed E-state index contributed by atoms with van der Waals surface area (Å²) in [6.07, 6.45) is 0. The van der Waals surface area contributed by atoms with Gasteiger partial charge in [-0.15, -0.1) is 0 Å². The zero-order valence-corrected chi connectivity index (χ0v) is 15.0. The van der Waals surface area contributed by atoms with Gasteiger partial charge in [0, 0.05) is 11.6 Å². The average Bonchev–Trinajstić information content (AvgIpc) is 2.63. The Labute approximate surface area is 157 Å². The van der Waals surface area contributed by atoms with Crippen molar-refractivity contribution < 1.29 is 9.18 Å². The number of halogens is 2. The van der Waals surface area contributed by atoms with Crippen molar-refractivity contribution in [3.8, 4) is 0 Å². The van der Waals surface area contributed by atoms with E-state index in [1.807, 2.05) is 0 Å². The smallest absolute Gasteiger partial charge is 0.280 e. The highest BCUT2D eigenvalue weighted by atomic mass is 35.5. The number of hydrogen-bond acceptors (Lipinski definition) is 5. The van der Waals surface area contributed by atoms with Gasteiger partial charge in [0.25, 0.3) is 5.56 Å². The summed E-state index contributed by atoms with van der Waals surface area (Å²) < 4.78 is 13.9. The molecule has 0 aliphatic carbocycles. The predicted octanol–water partition coefficient (Wildman–Crippen LogP) is 2.31. The number of hydrogen-bond donors (Lipinski definition) is 2. The van der Waals surface area contributed by atoms with E-state index >= 15 is 0 Å². The monoisotopic (exact) mass is 392 g/mol. The molecule has 1 heterocycles. The number of nitrogens with one attached hydrogen (secondary N) is 1. The van der Waals surface area contributed by atoms with Crippen LogP contribution in [-0.4, -0.2) is 21.3 Å². The van der Waals surface area contributed by atoms with Crippen molar-refractivity contribution in [3.63, 3.8) is 0 Å². The summed E-state index contributed by atoms with van der Waals surface area (Å²) in [5.74, 6) is 5.05. The lowest BCUT2D eigenvalue weighted by atomic mass is 10.2. The van der Waals surface area contributed by atoms with Gasteiger partial charge in [0.1, 0.15) is 5.82 Å². The number of fused-ring (bicyclic) bond motifs is 1. The minimum atomic E-state index is -0.441. The van der Waals surface area contributed by atoms with E-state index < -0.39 is 5.82 Å². The molecule has 0 bridgehead atoms. The number of aromatic nitrogens is 2. The van der Waals surface area contributed by atoms with Gasteiger partial charge in [-0.2, -0.15) is 0 Å². The fourth-order valence-electron chi connectivity index (χ4n) is 2.27. The molecule has 26 heavy (non-hydrogen) atoms. The van der Waals surface area contributed by atoms with Gasteiger partial charge in [0.05, 0.1) is 16.7 Å². The number of rotatable bonds is 5. The molecule has 0 radical (unpaired) electrons. The highest BCUT2D eigenvalue weighted by Crippen LogP contribution is 2.18. The van der Waals surface area contributed by atoms with E-state index in [4.69, 9.17) is 17.4 Å². The summed E-state index contributed by atoms with van der Waals surface area (Å²) in [5.41, 5.74) is 0.739. The molecule has 0 fully saturated rings. The first kappa shape index (κ1) is 18.2. The molecule has 9 heteroatoms. The molecule has 0 aliphatic rings. The molecule has 0 aliphatic heterocycles. The summed E-state index contributed by atoms with van der Waals surface area (Å²) in [6, 6.07) is 10.8. The second-order valence-corrected chi connectivity index (χ2v) is 6.74. The highest BCUT2D eigenvalue weighted by Gasteiger charge is 2.11. The van der Waals surface area contributed by atoms with Crippen LogP contribution in [0.4, 0.5) is 4.39 Å². The largest absolute Gasteiger partial charge is 0.351 e.